The lowest BCUT2D eigenvalue weighted by molar-refractivity contribution is 0.432. The molecule has 1 atom stereocenters. The molecule has 0 fully saturated rings. The van der Waals surface area contributed by atoms with E-state index >= 15 is 0 Å². The summed E-state index contributed by atoms with van der Waals surface area (Å²) >= 11 is 11.9. The molecule has 0 heterocycles. The van der Waals surface area contributed by atoms with Gasteiger partial charge in [0.1, 0.15) is 0 Å². The summed E-state index contributed by atoms with van der Waals surface area (Å²) in [5.41, 5.74) is 1.42. The second kappa shape index (κ2) is 5.68. The van der Waals surface area contributed by atoms with Crippen molar-refractivity contribution >= 4 is 28.9 Å². The molecule has 19 heavy (non-hydrogen) atoms. The summed E-state index contributed by atoms with van der Waals surface area (Å²) in [6, 6.07) is 9.24. The van der Waals surface area contributed by atoms with Crippen LogP contribution in [-0.2, 0) is 0 Å². The highest BCUT2D eigenvalue weighted by atomic mass is 35.5. The fraction of sp³-hybridized carbons (Fsp3) is 0.143. The van der Waals surface area contributed by atoms with Gasteiger partial charge in [0.05, 0.1) is 0 Å². The number of aromatic hydroxyl groups is 1. The average Bonchev–Trinajstić information content (AvgIpc) is 2.33. The van der Waals surface area contributed by atoms with Crippen LogP contribution in [0, 0.1) is 5.82 Å². The maximum atomic E-state index is 13.2. The van der Waals surface area contributed by atoms with Crippen LogP contribution in [0.15, 0.2) is 36.4 Å². The van der Waals surface area contributed by atoms with E-state index in [-0.39, 0.29) is 11.8 Å². The van der Waals surface area contributed by atoms with E-state index in [1.165, 1.54) is 12.1 Å². The minimum Gasteiger partial charge on any atom is -0.505 e. The molecule has 0 aliphatic rings. The maximum absolute atomic E-state index is 13.2. The Morgan fingerprint density at radius 3 is 2.53 bits per heavy atom. The summed E-state index contributed by atoms with van der Waals surface area (Å²) in [6.07, 6.45) is 0. The zero-order valence-electron chi connectivity index (χ0n) is 10.1. The molecule has 2 aromatic carbocycles. The van der Waals surface area contributed by atoms with Gasteiger partial charge in [0.15, 0.2) is 11.6 Å². The smallest absolute Gasteiger partial charge is 0.166 e. The summed E-state index contributed by atoms with van der Waals surface area (Å²) < 4.78 is 13.2. The minimum atomic E-state index is -0.667. The summed E-state index contributed by atoms with van der Waals surface area (Å²) in [6.45, 7) is 1.90. The van der Waals surface area contributed by atoms with Crippen molar-refractivity contribution in [3.8, 4) is 5.75 Å². The molecule has 0 aliphatic heterocycles. The topological polar surface area (TPSA) is 32.3 Å². The fourth-order valence-corrected chi connectivity index (χ4v) is 2.35. The van der Waals surface area contributed by atoms with Gasteiger partial charge in [-0.25, -0.2) is 4.39 Å². The molecule has 0 spiro atoms. The Balaban J connectivity index is 2.20. The third-order valence-electron chi connectivity index (χ3n) is 2.76. The van der Waals surface area contributed by atoms with E-state index in [4.69, 9.17) is 28.3 Å². The lowest BCUT2D eigenvalue weighted by Gasteiger charge is -2.17. The number of phenolic OH excluding ortho intramolecular Hbond substituents is 1. The summed E-state index contributed by atoms with van der Waals surface area (Å²) in [5, 5.41) is 13.4. The predicted molar refractivity (Wildman–Crippen MR) is 76.6 cm³/mol. The van der Waals surface area contributed by atoms with Crippen LogP contribution in [0.5, 0.6) is 5.75 Å². The van der Waals surface area contributed by atoms with E-state index < -0.39 is 5.82 Å². The van der Waals surface area contributed by atoms with Gasteiger partial charge in [-0.1, -0.05) is 29.3 Å². The summed E-state index contributed by atoms with van der Waals surface area (Å²) in [7, 11) is 0. The van der Waals surface area contributed by atoms with Crippen molar-refractivity contribution in [3.05, 3.63) is 57.8 Å². The van der Waals surface area contributed by atoms with Crippen molar-refractivity contribution in [2.75, 3.05) is 5.32 Å². The number of nitrogens with one attached hydrogen (secondary N) is 1. The number of hydrogen-bond acceptors (Lipinski definition) is 2. The largest absolute Gasteiger partial charge is 0.505 e. The van der Waals surface area contributed by atoms with Crippen LogP contribution in [0.3, 0.4) is 0 Å². The Kier molecular flexibility index (Phi) is 4.17. The highest BCUT2D eigenvalue weighted by molar-refractivity contribution is 6.35. The van der Waals surface area contributed by atoms with Crippen LogP contribution in [0.4, 0.5) is 10.1 Å². The molecular formula is C14H12Cl2FNO. The molecule has 0 bridgehead atoms. The van der Waals surface area contributed by atoms with Gasteiger partial charge in [0.2, 0.25) is 0 Å². The normalized spacial score (nSPS) is 12.2. The van der Waals surface area contributed by atoms with Crippen LogP contribution in [0.1, 0.15) is 18.5 Å². The second-order valence-electron chi connectivity index (χ2n) is 4.20. The highest BCUT2D eigenvalue weighted by Gasteiger charge is 2.11. The van der Waals surface area contributed by atoms with Crippen molar-refractivity contribution in [2.24, 2.45) is 0 Å². The molecule has 0 saturated carbocycles. The molecular weight excluding hydrogens is 288 g/mol. The first-order chi connectivity index (χ1) is 8.97. The first kappa shape index (κ1) is 14.0. The quantitative estimate of drug-likeness (QED) is 0.781. The molecule has 2 aromatic rings. The Hall–Kier alpha value is -1.45. The maximum Gasteiger partial charge on any atom is 0.166 e. The predicted octanol–water partition coefficient (Wildman–Crippen LogP) is 5.01. The van der Waals surface area contributed by atoms with E-state index in [1.54, 1.807) is 18.2 Å². The van der Waals surface area contributed by atoms with Crippen LogP contribution >= 0.6 is 23.2 Å². The third kappa shape index (κ3) is 3.31. The molecule has 100 valence electrons. The molecule has 0 radical (unpaired) electrons. The number of hydrogen-bond donors (Lipinski definition) is 2. The Bertz CT molecular complexity index is 604. The van der Waals surface area contributed by atoms with E-state index in [0.29, 0.717) is 15.7 Å². The lowest BCUT2D eigenvalue weighted by Crippen LogP contribution is -2.07. The van der Waals surface area contributed by atoms with Crippen molar-refractivity contribution in [1.82, 2.24) is 0 Å². The standard InChI is InChI=1S/C14H12Cl2FNO/c1-8(11-4-2-9(15)6-12(11)16)18-10-3-5-14(19)13(17)7-10/h2-8,18-19H,1H3. The van der Waals surface area contributed by atoms with E-state index in [9.17, 15) is 4.39 Å². The zero-order valence-corrected chi connectivity index (χ0v) is 11.6. The third-order valence-corrected chi connectivity index (χ3v) is 3.32. The number of rotatable bonds is 3. The van der Waals surface area contributed by atoms with Gasteiger partial charge in [-0.2, -0.15) is 0 Å². The molecule has 5 heteroatoms. The van der Waals surface area contributed by atoms with Crippen LogP contribution in [0.25, 0.3) is 0 Å². The van der Waals surface area contributed by atoms with Gasteiger partial charge in [-0.15, -0.1) is 0 Å². The molecule has 1 unspecified atom stereocenters. The van der Waals surface area contributed by atoms with Crippen molar-refractivity contribution in [3.63, 3.8) is 0 Å². The van der Waals surface area contributed by atoms with Gasteiger partial charge in [0.25, 0.3) is 0 Å². The first-order valence-electron chi connectivity index (χ1n) is 5.67. The van der Waals surface area contributed by atoms with Crippen LogP contribution < -0.4 is 5.32 Å². The number of anilines is 1. The van der Waals surface area contributed by atoms with E-state index in [2.05, 4.69) is 5.32 Å². The van der Waals surface area contributed by atoms with Gasteiger partial charge in [-0.05, 0) is 36.8 Å². The van der Waals surface area contributed by atoms with Crippen molar-refractivity contribution in [1.29, 1.82) is 0 Å². The Labute approximate surface area is 120 Å². The molecule has 0 aromatic heterocycles. The Morgan fingerprint density at radius 2 is 1.89 bits per heavy atom. The number of halogens is 3. The highest BCUT2D eigenvalue weighted by Crippen LogP contribution is 2.29. The summed E-state index contributed by atoms with van der Waals surface area (Å²) in [4.78, 5) is 0. The van der Waals surface area contributed by atoms with Gasteiger partial charge in [0, 0.05) is 27.8 Å². The zero-order chi connectivity index (χ0) is 14.0. The average molecular weight is 300 g/mol. The van der Waals surface area contributed by atoms with E-state index in [1.807, 2.05) is 13.0 Å². The van der Waals surface area contributed by atoms with Gasteiger partial charge < -0.3 is 10.4 Å². The van der Waals surface area contributed by atoms with Gasteiger partial charge in [-0.3, -0.25) is 0 Å². The van der Waals surface area contributed by atoms with Crippen molar-refractivity contribution in [2.45, 2.75) is 13.0 Å². The minimum absolute atomic E-state index is 0.117. The molecule has 0 amide bonds. The lowest BCUT2D eigenvalue weighted by atomic mass is 10.1. The molecule has 2 rings (SSSR count). The van der Waals surface area contributed by atoms with Crippen molar-refractivity contribution < 1.29 is 9.50 Å². The van der Waals surface area contributed by atoms with Crippen LogP contribution in [-0.4, -0.2) is 5.11 Å². The van der Waals surface area contributed by atoms with Crippen LogP contribution in [0.2, 0.25) is 10.0 Å². The number of phenols is 1. The number of benzene rings is 2. The molecule has 2 nitrogen and oxygen atoms in total. The first-order valence-corrected chi connectivity index (χ1v) is 6.43. The second-order valence-corrected chi connectivity index (χ2v) is 5.04. The summed E-state index contributed by atoms with van der Waals surface area (Å²) in [5.74, 6) is -1.04. The molecule has 0 aliphatic carbocycles. The monoisotopic (exact) mass is 299 g/mol. The molecule has 0 saturated heterocycles. The fourth-order valence-electron chi connectivity index (χ4n) is 1.78. The SMILES string of the molecule is CC(Nc1ccc(O)c(F)c1)c1ccc(Cl)cc1Cl. The van der Waals surface area contributed by atoms with Gasteiger partial charge >= 0.3 is 0 Å². The molecule has 2 N–H and O–H groups in total. The van der Waals surface area contributed by atoms with E-state index in [0.717, 1.165) is 5.56 Å². The Morgan fingerprint density at radius 1 is 1.16 bits per heavy atom.